The summed E-state index contributed by atoms with van der Waals surface area (Å²) in [4.78, 5) is 0. The highest BCUT2D eigenvalue weighted by molar-refractivity contribution is 5.06. The van der Waals surface area contributed by atoms with Crippen molar-refractivity contribution in [3.05, 3.63) is 0 Å². The van der Waals surface area contributed by atoms with Crippen LogP contribution < -0.4 is 11.1 Å². The molecule has 3 saturated carbocycles. The maximum atomic E-state index is 5.77. The van der Waals surface area contributed by atoms with Gasteiger partial charge in [-0.15, -0.1) is 0 Å². The standard InChI is InChI=1S/C12H22N2/c13-7-11(3-4-11)8-14-9-12(5-6-12)10-1-2-10/h10,14H,1-9,13H2. The molecule has 0 radical (unpaired) electrons. The van der Waals surface area contributed by atoms with E-state index in [1.54, 1.807) is 0 Å². The Morgan fingerprint density at radius 3 is 2.21 bits per heavy atom. The summed E-state index contributed by atoms with van der Waals surface area (Å²) in [5, 5.41) is 3.68. The smallest absolute Gasteiger partial charge is 0.00201 e. The van der Waals surface area contributed by atoms with Crippen LogP contribution in [0.15, 0.2) is 0 Å². The van der Waals surface area contributed by atoms with Crippen LogP contribution in [0.5, 0.6) is 0 Å². The zero-order valence-corrected chi connectivity index (χ0v) is 9.02. The molecule has 0 unspecified atom stereocenters. The van der Waals surface area contributed by atoms with Gasteiger partial charge in [0.25, 0.3) is 0 Å². The Labute approximate surface area is 86.6 Å². The number of hydrogen-bond acceptors (Lipinski definition) is 2. The minimum absolute atomic E-state index is 0.514. The Morgan fingerprint density at radius 1 is 1.07 bits per heavy atom. The fraction of sp³-hybridized carbons (Fsp3) is 1.00. The molecule has 0 spiro atoms. The molecule has 3 rings (SSSR count). The summed E-state index contributed by atoms with van der Waals surface area (Å²) in [6, 6.07) is 0. The average molecular weight is 194 g/mol. The highest BCUT2D eigenvalue weighted by atomic mass is 14.9. The van der Waals surface area contributed by atoms with Crippen LogP contribution in [0.4, 0.5) is 0 Å². The largest absolute Gasteiger partial charge is 0.330 e. The SMILES string of the molecule is NCC1(CNCC2(C3CC3)CC2)CC1. The monoisotopic (exact) mass is 194 g/mol. The fourth-order valence-corrected chi connectivity index (χ4v) is 2.79. The Morgan fingerprint density at radius 2 is 1.79 bits per heavy atom. The van der Waals surface area contributed by atoms with E-state index in [0.29, 0.717) is 5.41 Å². The molecule has 0 aromatic carbocycles. The summed E-state index contributed by atoms with van der Waals surface area (Å²) < 4.78 is 0. The molecule has 3 aliphatic rings. The van der Waals surface area contributed by atoms with Crippen molar-refractivity contribution in [1.82, 2.24) is 5.32 Å². The minimum atomic E-state index is 0.514. The second kappa shape index (κ2) is 2.96. The summed E-state index contributed by atoms with van der Waals surface area (Å²) in [6.45, 7) is 3.34. The molecule has 2 nitrogen and oxygen atoms in total. The molecule has 0 saturated heterocycles. The lowest BCUT2D eigenvalue weighted by Gasteiger charge is -2.18. The summed E-state index contributed by atoms with van der Waals surface area (Å²) >= 11 is 0. The van der Waals surface area contributed by atoms with Gasteiger partial charge in [-0.1, -0.05) is 0 Å². The van der Waals surface area contributed by atoms with E-state index in [0.717, 1.165) is 17.9 Å². The van der Waals surface area contributed by atoms with Gasteiger partial charge in [0.05, 0.1) is 0 Å². The molecular weight excluding hydrogens is 172 g/mol. The lowest BCUT2D eigenvalue weighted by Crippen LogP contribution is -2.34. The van der Waals surface area contributed by atoms with Crippen LogP contribution in [0.25, 0.3) is 0 Å². The fourth-order valence-electron chi connectivity index (χ4n) is 2.79. The first kappa shape index (κ1) is 9.17. The zero-order valence-electron chi connectivity index (χ0n) is 9.02. The molecule has 0 aromatic heterocycles. The first-order valence-corrected chi connectivity index (χ1v) is 6.20. The Kier molecular flexibility index (Phi) is 1.94. The molecule has 3 N–H and O–H groups in total. The van der Waals surface area contributed by atoms with Crippen molar-refractivity contribution in [1.29, 1.82) is 0 Å². The normalized spacial score (nSPS) is 31.5. The van der Waals surface area contributed by atoms with Gasteiger partial charge in [0, 0.05) is 13.1 Å². The van der Waals surface area contributed by atoms with Crippen molar-refractivity contribution < 1.29 is 0 Å². The molecule has 0 aromatic rings. The topological polar surface area (TPSA) is 38.0 Å². The molecule has 2 heteroatoms. The number of nitrogens with one attached hydrogen (secondary N) is 1. The summed E-state index contributed by atoms with van der Waals surface area (Å²) in [7, 11) is 0. The predicted molar refractivity (Wildman–Crippen MR) is 58.0 cm³/mol. The van der Waals surface area contributed by atoms with E-state index < -0.39 is 0 Å². The molecule has 0 amide bonds. The second-order valence-corrected chi connectivity index (χ2v) is 5.94. The number of hydrogen-bond donors (Lipinski definition) is 2. The van der Waals surface area contributed by atoms with E-state index >= 15 is 0 Å². The van der Waals surface area contributed by atoms with Gasteiger partial charge in [0.2, 0.25) is 0 Å². The van der Waals surface area contributed by atoms with Crippen LogP contribution in [-0.2, 0) is 0 Å². The van der Waals surface area contributed by atoms with Crippen molar-refractivity contribution in [2.45, 2.75) is 38.5 Å². The van der Waals surface area contributed by atoms with Crippen LogP contribution in [0.1, 0.15) is 38.5 Å². The van der Waals surface area contributed by atoms with Gasteiger partial charge in [0.1, 0.15) is 0 Å². The lowest BCUT2D eigenvalue weighted by atomic mass is 10.00. The van der Waals surface area contributed by atoms with E-state index in [4.69, 9.17) is 5.73 Å². The van der Waals surface area contributed by atoms with E-state index in [-0.39, 0.29) is 0 Å². The molecule has 0 atom stereocenters. The molecule has 0 bridgehead atoms. The highest BCUT2D eigenvalue weighted by Gasteiger charge is 2.53. The molecule has 3 aliphatic carbocycles. The average Bonchev–Trinajstić information content (AvgIpc) is 3.01. The van der Waals surface area contributed by atoms with Gasteiger partial charge in [-0.3, -0.25) is 0 Å². The van der Waals surface area contributed by atoms with Gasteiger partial charge in [-0.25, -0.2) is 0 Å². The number of nitrogens with two attached hydrogens (primary N) is 1. The minimum Gasteiger partial charge on any atom is -0.330 e. The summed E-state index contributed by atoms with van der Waals surface area (Å²) in [5.74, 6) is 1.09. The van der Waals surface area contributed by atoms with Crippen molar-refractivity contribution in [2.75, 3.05) is 19.6 Å². The van der Waals surface area contributed by atoms with Gasteiger partial charge in [0.15, 0.2) is 0 Å². The summed E-state index contributed by atoms with van der Waals surface area (Å²) in [5.41, 5.74) is 7.03. The Hall–Kier alpha value is -0.0800. The molecule has 14 heavy (non-hydrogen) atoms. The van der Waals surface area contributed by atoms with Crippen molar-refractivity contribution in [3.63, 3.8) is 0 Å². The second-order valence-electron chi connectivity index (χ2n) is 5.94. The van der Waals surface area contributed by atoms with Gasteiger partial charge in [-0.05, 0) is 61.8 Å². The van der Waals surface area contributed by atoms with Crippen molar-refractivity contribution in [2.24, 2.45) is 22.5 Å². The third-order valence-corrected chi connectivity index (χ3v) is 4.70. The van der Waals surface area contributed by atoms with Crippen molar-refractivity contribution in [3.8, 4) is 0 Å². The van der Waals surface area contributed by atoms with Gasteiger partial charge >= 0.3 is 0 Å². The quantitative estimate of drug-likeness (QED) is 0.672. The van der Waals surface area contributed by atoms with Crippen LogP contribution in [0.3, 0.4) is 0 Å². The van der Waals surface area contributed by atoms with E-state index in [1.165, 1.54) is 51.6 Å². The molecular formula is C12H22N2. The Bertz CT molecular complexity index is 224. The first-order valence-electron chi connectivity index (χ1n) is 6.20. The van der Waals surface area contributed by atoms with E-state index in [9.17, 15) is 0 Å². The van der Waals surface area contributed by atoms with Crippen LogP contribution in [-0.4, -0.2) is 19.6 Å². The molecule has 0 heterocycles. The maximum absolute atomic E-state index is 5.77. The predicted octanol–water partition coefficient (Wildman–Crippen LogP) is 1.51. The number of rotatable bonds is 6. The van der Waals surface area contributed by atoms with E-state index in [2.05, 4.69) is 5.32 Å². The Balaban J connectivity index is 1.42. The van der Waals surface area contributed by atoms with Gasteiger partial charge < -0.3 is 11.1 Å². The van der Waals surface area contributed by atoms with E-state index in [1.807, 2.05) is 0 Å². The first-order chi connectivity index (χ1) is 6.79. The third kappa shape index (κ3) is 1.59. The maximum Gasteiger partial charge on any atom is 0.00201 e. The lowest BCUT2D eigenvalue weighted by molar-refractivity contribution is 0.372. The summed E-state index contributed by atoms with van der Waals surface area (Å²) in [6.07, 6.45) is 8.69. The van der Waals surface area contributed by atoms with Crippen LogP contribution in [0, 0.1) is 16.7 Å². The third-order valence-electron chi connectivity index (χ3n) is 4.70. The van der Waals surface area contributed by atoms with Gasteiger partial charge in [-0.2, -0.15) is 0 Å². The van der Waals surface area contributed by atoms with Crippen molar-refractivity contribution >= 4 is 0 Å². The highest BCUT2D eigenvalue weighted by Crippen LogP contribution is 2.60. The molecule has 0 aliphatic heterocycles. The van der Waals surface area contributed by atoms with Crippen LogP contribution in [0.2, 0.25) is 0 Å². The zero-order chi connectivity index (χ0) is 9.65. The van der Waals surface area contributed by atoms with Crippen LogP contribution >= 0.6 is 0 Å². The molecule has 3 fully saturated rings. The molecule has 80 valence electrons.